The fraction of sp³-hybridized carbons (Fsp3) is 0.800. The maximum Gasteiger partial charge on any atom is 0.344 e. The highest BCUT2D eigenvalue weighted by molar-refractivity contribution is 6.07. The molecule has 0 radical (unpaired) electrons. The van der Waals surface area contributed by atoms with Crippen molar-refractivity contribution in [2.24, 2.45) is 0 Å². The number of carbonyl (C=O) groups excluding carboxylic acids is 3. The van der Waals surface area contributed by atoms with Crippen LogP contribution in [0.25, 0.3) is 0 Å². The molecule has 2 aliphatic heterocycles. The molecule has 0 aromatic rings. The van der Waals surface area contributed by atoms with Gasteiger partial charge in [0, 0.05) is 19.6 Å². The number of hydrazine groups is 1. The van der Waals surface area contributed by atoms with E-state index in [1.807, 2.05) is 30.8 Å². The minimum atomic E-state index is -0.958. The van der Waals surface area contributed by atoms with Gasteiger partial charge < -0.3 is 15.0 Å². The molecule has 0 aliphatic carbocycles. The molecular weight excluding hydrogens is 314 g/mol. The van der Waals surface area contributed by atoms with Crippen LogP contribution in [-0.4, -0.2) is 91.2 Å². The van der Waals surface area contributed by atoms with E-state index in [-0.39, 0.29) is 18.6 Å². The second kappa shape index (κ2) is 7.45. The van der Waals surface area contributed by atoms with Crippen molar-refractivity contribution in [1.82, 2.24) is 25.6 Å². The summed E-state index contributed by atoms with van der Waals surface area (Å²) in [6, 6.07) is -0.592. The van der Waals surface area contributed by atoms with Gasteiger partial charge in [0.25, 0.3) is 11.8 Å². The van der Waals surface area contributed by atoms with Crippen LogP contribution in [0.4, 0.5) is 4.79 Å². The molecule has 2 rings (SSSR count). The van der Waals surface area contributed by atoms with Gasteiger partial charge in [-0.2, -0.15) is 5.01 Å². The molecule has 0 aromatic heterocycles. The number of nitrogens with one attached hydrogen (secondary N) is 2. The summed E-state index contributed by atoms with van der Waals surface area (Å²) >= 11 is 0. The Bertz CT molecular complexity index is 512. The second-order valence-corrected chi connectivity index (χ2v) is 6.78. The van der Waals surface area contributed by atoms with Crippen molar-refractivity contribution < 1.29 is 19.1 Å². The van der Waals surface area contributed by atoms with Gasteiger partial charge in [-0.05, 0) is 27.4 Å². The van der Waals surface area contributed by atoms with Crippen molar-refractivity contribution in [3.05, 3.63) is 0 Å². The van der Waals surface area contributed by atoms with E-state index >= 15 is 0 Å². The normalized spacial score (nSPS) is 28.4. The largest absolute Gasteiger partial charge is 0.374 e. The molecule has 0 saturated carbocycles. The van der Waals surface area contributed by atoms with E-state index in [1.54, 1.807) is 6.92 Å². The monoisotopic (exact) mass is 341 g/mol. The van der Waals surface area contributed by atoms with Gasteiger partial charge in [-0.1, -0.05) is 6.92 Å². The number of amides is 4. The van der Waals surface area contributed by atoms with Crippen molar-refractivity contribution in [3.63, 3.8) is 0 Å². The first kappa shape index (κ1) is 18.6. The van der Waals surface area contributed by atoms with Crippen LogP contribution in [0.3, 0.4) is 0 Å². The molecule has 4 amide bonds. The third-order valence-electron chi connectivity index (χ3n) is 4.36. The molecule has 0 bridgehead atoms. The Labute approximate surface area is 142 Å². The predicted molar refractivity (Wildman–Crippen MR) is 87.0 cm³/mol. The van der Waals surface area contributed by atoms with Crippen LogP contribution in [-0.2, 0) is 14.3 Å². The number of urea groups is 1. The lowest BCUT2D eigenvalue weighted by atomic mass is 10.00. The predicted octanol–water partition coefficient (Wildman–Crippen LogP) is -0.999. The van der Waals surface area contributed by atoms with E-state index in [2.05, 4.69) is 10.7 Å². The zero-order valence-corrected chi connectivity index (χ0v) is 14.8. The van der Waals surface area contributed by atoms with Gasteiger partial charge in [0.2, 0.25) is 0 Å². The van der Waals surface area contributed by atoms with Gasteiger partial charge in [0.15, 0.2) is 0 Å². The van der Waals surface area contributed by atoms with Crippen LogP contribution in [0.1, 0.15) is 20.3 Å². The molecule has 136 valence electrons. The topological polar surface area (TPSA) is 94.2 Å². The van der Waals surface area contributed by atoms with Gasteiger partial charge >= 0.3 is 6.03 Å². The van der Waals surface area contributed by atoms with Gasteiger partial charge in [-0.25, -0.2) is 4.79 Å². The zero-order valence-electron chi connectivity index (χ0n) is 14.8. The number of nitrogens with zero attached hydrogens (tertiary/aromatic N) is 3. The minimum absolute atomic E-state index is 0.0432. The first-order valence-corrected chi connectivity index (χ1v) is 8.20. The first-order chi connectivity index (χ1) is 11.2. The molecule has 2 N–H and O–H groups in total. The van der Waals surface area contributed by atoms with E-state index in [0.29, 0.717) is 26.1 Å². The number of hydrogen-bond donors (Lipinski definition) is 2. The van der Waals surface area contributed by atoms with Crippen molar-refractivity contribution in [3.8, 4) is 0 Å². The highest BCUT2D eigenvalue weighted by Crippen LogP contribution is 2.19. The summed E-state index contributed by atoms with van der Waals surface area (Å²) in [5.41, 5.74) is 1.45. The summed E-state index contributed by atoms with van der Waals surface area (Å²) in [6.07, 6.45) is 0.501. The molecule has 0 unspecified atom stereocenters. The number of hydrogen-bond acceptors (Lipinski definition) is 6. The molecule has 2 atom stereocenters. The molecule has 2 saturated heterocycles. The highest BCUT2D eigenvalue weighted by Gasteiger charge is 2.47. The second-order valence-electron chi connectivity index (χ2n) is 6.78. The third-order valence-corrected chi connectivity index (χ3v) is 4.36. The maximum atomic E-state index is 12.3. The van der Waals surface area contributed by atoms with Crippen LogP contribution in [0.15, 0.2) is 0 Å². The molecule has 2 heterocycles. The van der Waals surface area contributed by atoms with Crippen LogP contribution in [0, 0.1) is 0 Å². The Hall–Kier alpha value is -1.71. The van der Waals surface area contributed by atoms with Gasteiger partial charge in [0.1, 0.15) is 5.54 Å². The number of ether oxygens (including phenoxy) is 1. The average molecular weight is 341 g/mol. The summed E-state index contributed by atoms with van der Waals surface area (Å²) in [6.45, 7) is 6.19. The van der Waals surface area contributed by atoms with Crippen LogP contribution in [0.2, 0.25) is 0 Å². The molecule has 9 nitrogen and oxygen atoms in total. The first-order valence-electron chi connectivity index (χ1n) is 8.20. The van der Waals surface area contributed by atoms with Crippen LogP contribution < -0.4 is 10.7 Å². The van der Waals surface area contributed by atoms with Crippen LogP contribution in [0.5, 0.6) is 0 Å². The van der Waals surface area contributed by atoms with Crippen molar-refractivity contribution in [1.29, 1.82) is 0 Å². The molecule has 24 heavy (non-hydrogen) atoms. The summed E-state index contributed by atoms with van der Waals surface area (Å²) in [4.78, 5) is 40.4. The number of carbonyl (C=O) groups is 3. The number of rotatable bonds is 6. The molecule has 9 heteroatoms. The van der Waals surface area contributed by atoms with E-state index in [1.165, 1.54) is 0 Å². The smallest absolute Gasteiger partial charge is 0.344 e. The summed E-state index contributed by atoms with van der Waals surface area (Å²) in [7, 11) is 3.94. The lowest BCUT2D eigenvalue weighted by molar-refractivity contribution is -0.140. The third kappa shape index (κ3) is 4.22. The minimum Gasteiger partial charge on any atom is -0.374 e. The molecule has 2 fully saturated rings. The Morgan fingerprint density at radius 2 is 2.17 bits per heavy atom. The molecule has 2 aliphatic rings. The Balaban J connectivity index is 1.87. The van der Waals surface area contributed by atoms with E-state index in [9.17, 15) is 14.4 Å². The lowest BCUT2D eigenvalue weighted by Gasteiger charge is -2.33. The maximum absolute atomic E-state index is 12.3. The lowest BCUT2D eigenvalue weighted by Crippen LogP contribution is -2.53. The van der Waals surface area contributed by atoms with E-state index in [0.717, 1.165) is 11.6 Å². The molecule has 0 aromatic carbocycles. The summed E-state index contributed by atoms with van der Waals surface area (Å²) in [5, 5.41) is 3.38. The number of morpholine rings is 1. The Morgan fingerprint density at radius 3 is 2.75 bits per heavy atom. The van der Waals surface area contributed by atoms with Gasteiger partial charge in [-0.15, -0.1) is 0 Å². The van der Waals surface area contributed by atoms with E-state index in [4.69, 9.17) is 4.74 Å². The number of likely N-dealkylation sites (N-methyl/N-ethyl adjacent to an activating group) is 1. The SMILES string of the molecule is CC[C@@]1(C)NC(=O)N(NC(=O)CN2CCO[C@@H](CN(C)C)C2)C1=O. The van der Waals surface area contributed by atoms with Crippen molar-refractivity contribution in [2.75, 3.05) is 46.9 Å². The quantitative estimate of drug-likeness (QED) is 0.602. The van der Waals surface area contributed by atoms with Crippen molar-refractivity contribution in [2.45, 2.75) is 31.9 Å². The van der Waals surface area contributed by atoms with Gasteiger partial charge in [0.05, 0.1) is 19.3 Å². The van der Waals surface area contributed by atoms with Gasteiger partial charge in [-0.3, -0.25) is 19.9 Å². The zero-order chi connectivity index (χ0) is 17.9. The summed E-state index contributed by atoms with van der Waals surface area (Å²) < 4.78 is 5.67. The molecular formula is C15H27N5O4. The van der Waals surface area contributed by atoms with Crippen LogP contribution >= 0.6 is 0 Å². The fourth-order valence-electron chi connectivity index (χ4n) is 2.83. The number of imide groups is 1. The molecule has 0 spiro atoms. The summed E-state index contributed by atoms with van der Waals surface area (Å²) in [5.74, 6) is -0.819. The fourth-order valence-corrected chi connectivity index (χ4v) is 2.83. The Kier molecular flexibility index (Phi) is 5.79. The highest BCUT2D eigenvalue weighted by atomic mass is 16.5. The average Bonchev–Trinajstić information content (AvgIpc) is 2.71. The standard InChI is InChI=1S/C15H27N5O4/c1-5-15(2)13(22)20(14(23)16-15)17-12(21)10-19-6-7-24-11(9-19)8-18(3)4/h11H,5-10H2,1-4H3,(H,16,23)(H,17,21)/t11-,15+/m0/s1. The van der Waals surface area contributed by atoms with E-state index < -0.39 is 17.5 Å². The van der Waals surface area contributed by atoms with Crippen molar-refractivity contribution >= 4 is 17.8 Å². The Morgan fingerprint density at radius 1 is 1.46 bits per heavy atom.